The van der Waals surface area contributed by atoms with Gasteiger partial charge in [0.1, 0.15) is 10.4 Å². The fourth-order valence-corrected chi connectivity index (χ4v) is 0.986. The number of anilines is 1. The van der Waals surface area contributed by atoms with E-state index in [1.807, 2.05) is 6.92 Å². The molecule has 1 heterocycles. The molecule has 0 spiro atoms. The van der Waals surface area contributed by atoms with Crippen LogP contribution in [0.2, 0.25) is 0 Å². The SMILES string of the molecule is CC#CCCNc1cnc(Br)cn1. The second kappa shape index (κ2) is 5.55. The van der Waals surface area contributed by atoms with E-state index in [2.05, 4.69) is 43.1 Å². The first-order valence-corrected chi connectivity index (χ1v) is 4.73. The number of aromatic nitrogens is 2. The van der Waals surface area contributed by atoms with Crippen LogP contribution in [0.4, 0.5) is 5.82 Å². The van der Waals surface area contributed by atoms with Crippen molar-refractivity contribution < 1.29 is 0 Å². The summed E-state index contributed by atoms with van der Waals surface area (Å²) in [5.41, 5.74) is 0. The van der Waals surface area contributed by atoms with Crippen molar-refractivity contribution in [2.75, 3.05) is 11.9 Å². The molecule has 0 bridgehead atoms. The standard InChI is InChI=1S/C9H10BrN3/c1-2-3-4-5-11-9-7-12-8(10)6-13-9/h6-7H,4-5H2,1H3,(H,11,13). The van der Waals surface area contributed by atoms with Crippen LogP contribution in [0.1, 0.15) is 13.3 Å². The van der Waals surface area contributed by atoms with E-state index in [9.17, 15) is 0 Å². The van der Waals surface area contributed by atoms with Gasteiger partial charge in [-0.3, -0.25) is 0 Å². The maximum Gasteiger partial charge on any atom is 0.144 e. The first kappa shape index (κ1) is 10.0. The zero-order chi connectivity index (χ0) is 9.52. The molecule has 1 aromatic heterocycles. The van der Waals surface area contributed by atoms with E-state index in [0.29, 0.717) is 0 Å². The van der Waals surface area contributed by atoms with Crippen molar-refractivity contribution in [3.63, 3.8) is 0 Å². The number of nitrogens with one attached hydrogen (secondary N) is 1. The highest BCUT2D eigenvalue weighted by molar-refractivity contribution is 9.10. The Kier molecular flexibility index (Phi) is 4.27. The first-order chi connectivity index (χ1) is 6.33. The Morgan fingerprint density at radius 2 is 2.31 bits per heavy atom. The highest BCUT2D eigenvalue weighted by atomic mass is 79.9. The molecule has 4 heteroatoms. The highest BCUT2D eigenvalue weighted by Gasteiger charge is 1.92. The molecule has 68 valence electrons. The molecule has 0 aliphatic rings. The lowest BCUT2D eigenvalue weighted by molar-refractivity contribution is 1.05. The minimum Gasteiger partial charge on any atom is -0.368 e. The smallest absolute Gasteiger partial charge is 0.144 e. The van der Waals surface area contributed by atoms with Crippen LogP contribution in [0.15, 0.2) is 17.0 Å². The van der Waals surface area contributed by atoms with Crippen LogP contribution >= 0.6 is 15.9 Å². The molecule has 0 unspecified atom stereocenters. The fourth-order valence-electron chi connectivity index (χ4n) is 0.782. The molecule has 0 aromatic carbocycles. The van der Waals surface area contributed by atoms with Gasteiger partial charge in [0.05, 0.1) is 12.4 Å². The number of hydrogen-bond acceptors (Lipinski definition) is 3. The second-order valence-corrected chi connectivity index (χ2v) is 3.14. The van der Waals surface area contributed by atoms with Gasteiger partial charge in [0.25, 0.3) is 0 Å². The molecule has 0 atom stereocenters. The Morgan fingerprint density at radius 1 is 1.46 bits per heavy atom. The van der Waals surface area contributed by atoms with Gasteiger partial charge in [0.2, 0.25) is 0 Å². The molecule has 13 heavy (non-hydrogen) atoms. The second-order valence-electron chi connectivity index (χ2n) is 2.33. The largest absolute Gasteiger partial charge is 0.368 e. The Hall–Kier alpha value is -1.08. The van der Waals surface area contributed by atoms with Crippen LogP contribution in [-0.2, 0) is 0 Å². The molecule has 0 amide bonds. The predicted octanol–water partition coefficient (Wildman–Crippen LogP) is 2.06. The van der Waals surface area contributed by atoms with E-state index in [0.717, 1.165) is 23.4 Å². The van der Waals surface area contributed by atoms with Gasteiger partial charge in [-0.05, 0) is 22.9 Å². The van der Waals surface area contributed by atoms with Gasteiger partial charge >= 0.3 is 0 Å². The summed E-state index contributed by atoms with van der Waals surface area (Å²) < 4.78 is 0.742. The summed E-state index contributed by atoms with van der Waals surface area (Å²) in [6, 6.07) is 0. The summed E-state index contributed by atoms with van der Waals surface area (Å²) in [5.74, 6) is 6.57. The lowest BCUT2D eigenvalue weighted by atomic mass is 10.4. The van der Waals surface area contributed by atoms with E-state index in [4.69, 9.17) is 0 Å². The van der Waals surface area contributed by atoms with Crippen molar-refractivity contribution in [3.8, 4) is 11.8 Å². The van der Waals surface area contributed by atoms with E-state index in [1.54, 1.807) is 12.4 Å². The summed E-state index contributed by atoms with van der Waals surface area (Å²) in [4.78, 5) is 8.14. The third kappa shape index (κ3) is 3.90. The third-order valence-electron chi connectivity index (χ3n) is 1.35. The quantitative estimate of drug-likeness (QED) is 0.649. The van der Waals surface area contributed by atoms with Gasteiger partial charge in [-0.25, -0.2) is 9.97 Å². The summed E-state index contributed by atoms with van der Waals surface area (Å²) in [5, 5.41) is 3.11. The van der Waals surface area contributed by atoms with Crippen LogP contribution in [-0.4, -0.2) is 16.5 Å². The van der Waals surface area contributed by atoms with E-state index in [-0.39, 0.29) is 0 Å². The molecular weight excluding hydrogens is 230 g/mol. The zero-order valence-electron chi connectivity index (χ0n) is 7.34. The molecule has 0 saturated heterocycles. The Labute approximate surface area is 86.1 Å². The van der Waals surface area contributed by atoms with Crippen molar-refractivity contribution in [1.29, 1.82) is 0 Å². The van der Waals surface area contributed by atoms with Crippen LogP contribution in [0.5, 0.6) is 0 Å². The van der Waals surface area contributed by atoms with Gasteiger partial charge in [0, 0.05) is 13.0 Å². The van der Waals surface area contributed by atoms with Gasteiger partial charge in [-0.15, -0.1) is 11.8 Å². The lowest BCUT2D eigenvalue weighted by Crippen LogP contribution is -2.02. The molecule has 0 radical (unpaired) electrons. The molecule has 1 aromatic rings. The maximum atomic E-state index is 4.11. The average molecular weight is 240 g/mol. The zero-order valence-corrected chi connectivity index (χ0v) is 8.93. The van der Waals surface area contributed by atoms with Gasteiger partial charge in [0.15, 0.2) is 0 Å². The Balaban J connectivity index is 2.36. The van der Waals surface area contributed by atoms with Crippen LogP contribution in [0.3, 0.4) is 0 Å². The fraction of sp³-hybridized carbons (Fsp3) is 0.333. The molecule has 0 saturated carbocycles. The minimum atomic E-state index is 0.742. The van der Waals surface area contributed by atoms with Gasteiger partial charge in [-0.2, -0.15) is 0 Å². The van der Waals surface area contributed by atoms with Crippen LogP contribution < -0.4 is 5.32 Å². The Bertz CT molecular complexity index is 310. The number of nitrogens with zero attached hydrogens (tertiary/aromatic N) is 2. The van der Waals surface area contributed by atoms with Crippen molar-refractivity contribution in [2.24, 2.45) is 0 Å². The molecular formula is C9H10BrN3. The summed E-state index contributed by atoms with van der Waals surface area (Å²) in [6.07, 6.45) is 4.17. The van der Waals surface area contributed by atoms with Gasteiger partial charge in [-0.1, -0.05) is 0 Å². The average Bonchev–Trinajstić information content (AvgIpc) is 2.15. The van der Waals surface area contributed by atoms with Crippen molar-refractivity contribution in [3.05, 3.63) is 17.0 Å². The normalized spacial score (nSPS) is 8.77. The maximum absolute atomic E-state index is 4.11. The molecule has 1 rings (SSSR count). The number of halogens is 1. The molecule has 1 N–H and O–H groups in total. The minimum absolute atomic E-state index is 0.742. The summed E-state index contributed by atoms with van der Waals surface area (Å²) >= 11 is 3.21. The van der Waals surface area contributed by atoms with Crippen molar-refractivity contribution in [1.82, 2.24) is 9.97 Å². The van der Waals surface area contributed by atoms with Crippen LogP contribution in [0, 0.1) is 11.8 Å². The van der Waals surface area contributed by atoms with Crippen LogP contribution in [0.25, 0.3) is 0 Å². The summed E-state index contributed by atoms with van der Waals surface area (Å²) in [6.45, 7) is 2.64. The number of hydrogen-bond donors (Lipinski definition) is 1. The van der Waals surface area contributed by atoms with E-state index < -0.39 is 0 Å². The highest BCUT2D eigenvalue weighted by Crippen LogP contribution is 2.05. The monoisotopic (exact) mass is 239 g/mol. The number of rotatable bonds is 3. The molecule has 0 fully saturated rings. The van der Waals surface area contributed by atoms with E-state index in [1.165, 1.54) is 0 Å². The third-order valence-corrected chi connectivity index (χ3v) is 1.76. The van der Waals surface area contributed by atoms with Crippen molar-refractivity contribution in [2.45, 2.75) is 13.3 Å². The molecule has 3 nitrogen and oxygen atoms in total. The van der Waals surface area contributed by atoms with Crippen molar-refractivity contribution >= 4 is 21.7 Å². The van der Waals surface area contributed by atoms with E-state index >= 15 is 0 Å². The first-order valence-electron chi connectivity index (χ1n) is 3.94. The topological polar surface area (TPSA) is 37.8 Å². The van der Waals surface area contributed by atoms with Gasteiger partial charge < -0.3 is 5.32 Å². The Morgan fingerprint density at radius 3 is 2.92 bits per heavy atom. The molecule has 0 aliphatic heterocycles. The molecule has 0 aliphatic carbocycles. The summed E-state index contributed by atoms with van der Waals surface area (Å²) in [7, 11) is 0. The lowest BCUT2D eigenvalue weighted by Gasteiger charge is -2.00. The predicted molar refractivity (Wildman–Crippen MR) is 56.3 cm³/mol.